The van der Waals surface area contributed by atoms with Gasteiger partial charge in [0, 0.05) is 28.3 Å². The van der Waals surface area contributed by atoms with Gasteiger partial charge in [0.25, 0.3) is 0 Å². The van der Waals surface area contributed by atoms with Crippen molar-refractivity contribution in [1.29, 1.82) is 0 Å². The molecule has 1 aromatic heterocycles. The normalized spacial score (nSPS) is 11.7. The zero-order chi connectivity index (χ0) is 20.4. The van der Waals surface area contributed by atoms with E-state index in [4.69, 9.17) is 9.15 Å². The van der Waals surface area contributed by atoms with Crippen LogP contribution in [-0.4, -0.2) is 13.0 Å². The number of aryl methyl sites for hydroxylation is 4. The number of allylic oxidation sites excluding steroid dienone is 1. The minimum atomic E-state index is -0.154. The Balaban J connectivity index is 2.01. The summed E-state index contributed by atoms with van der Waals surface area (Å²) in [6.07, 6.45) is 2.49. The number of hydrogen-bond donors (Lipinski definition) is 1. The third kappa shape index (κ3) is 3.55. The first-order valence-corrected chi connectivity index (χ1v) is 9.52. The molecule has 0 saturated carbocycles. The van der Waals surface area contributed by atoms with Crippen molar-refractivity contribution >= 4 is 28.1 Å². The van der Waals surface area contributed by atoms with Crippen LogP contribution < -0.4 is 10.1 Å². The van der Waals surface area contributed by atoms with Crippen molar-refractivity contribution in [1.82, 2.24) is 0 Å². The van der Waals surface area contributed by atoms with Gasteiger partial charge in [-0.15, -0.1) is 0 Å². The zero-order valence-corrected chi connectivity index (χ0v) is 17.4. The SMILES string of the molecule is CCc1ccccc1NC(=O)/C=C(\C)c1cc2c(C)c(C)oc2c(C)c1OC. The van der Waals surface area contributed by atoms with E-state index in [0.717, 1.165) is 62.4 Å². The van der Waals surface area contributed by atoms with Gasteiger partial charge in [0.1, 0.15) is 17.1 Å². The Morgan fingerprint density at radius 2 is 1.89 bits per heavy atom. The summed E-state index contributed by atoms with van der Waals surface area (Å²) in [5.41, 5.74) is 6.58. The number of benzene rings is 2. The predicted octanol–water partition coefficient (Wildman–Crippen LogP) is 5.97. The van der Waals surface area contributed by atoms with E-state index in [0.29, 0.717) is 0 Å². The van der Waals surface area contributed by atoms with Gasteiger partial charge >= 0.3 is 0 Å². The first kappa shape index (κ1) is 19.7. The standard InChI is InChI=1S/C24H27NO3/c1-7-18-10-8-9-11-21(18)25-22(26)12-14(2)19-13-20-15(3)17(5)28-24(20)16(4)23(19)27-6/h8-13H,7H2,1-6H3,(H,25,26)/b14-12+. The third-order valence-electron chi connectivity index (χ3n) is 5.28. The molecule has 28 heavy (non-hydrogen) atoms. The van der Waals surface area contributed by atoms with Crippen molar-refractivity contribution in [3.05, 3.63) is 64.4 Å². The fourth-order valence-corrected chi connectivity index (χ4v) is 3.56. The number of para-hydroxylation sites is 1. The van der Waals surface area contributed by atoms with Crippen molar-refractivity contribution in [3.8, 4) is 5.75 Å². The topological polar surface area (TPSA) is 51.5 Å². The van der Waals surface area contributed by atoms with Crippen LogP contribution in [0.3, 0.4) is 0 Å². The molecule has 1 N–H and O–H groups in total. The molecule has 0 aliphatic heterocycles. The molecular weight excluding hydrogens is 350 g/mol. The molecule has 0 bridgehead atoms. The maximum Gasteiger partial charge on any atom is 0.248 e. The van der Waals surface area contributed by atoms with E-state index in [1.807, 2.05) is 58.0 Å². The van der Waals surface area contributed by atoms with Crippen molar-refractivity contribution in [2.24, 2.45) is 0 Å². The molecule has 2 aromatic carbocycles. The molecule has 1 heterocycles. The number of anilines is 1. The van der Waals surface area contributed by atoms with Crippen LogP contribution in [0.5, 0.6) is 5.75 Å². The molecule has 4 heteroatoms. The summed E-state index contributed by atoms with van der Waals surface area (Å²) in [7, 11) is 1.64. The molecule has 0 radical (unpaired) electrons. The fraction of sp³-hybridized carbons (Fsp3) is 0.292. The molecule has 3 rings (SSSR count). The van der Waals surface area contributed by atoms with Gasteiger partial charge in [-0.1, -0.05) is 25.1 Å². The quantitative estimate of drug-likeness (QED) is 0.557. The average molecular weight is 377 g/mol. The first-order valence-electron chi connectivity index (χ1n) is 9.52. The van der Waals surface area contributed by atoms with Crippen LogP contribution in [0, 0.1) is 20.8 Å². The van der Waals surface area contributed by atoms with E-state index in [2.05, 4.69) is 12.2 Å². The van der Waals surface area contributed by atoms with Crippen LogP contribution in [-0.2, 0) is 11.2 Å². The fourth-order valence-electron chi connectivity index (χ4n) is 3.56. The van der Waals surface area contributed by atoms with Gasteiger partial charge in [-0.2, -0.15) is 0 Å². The largest absolute Gasteiger partial charge is 0.496 e. The Morgan fingerprint density at radius 1 is 1.18 bits per heavy atom. The molecule has 0 atom stereocenters. The monoisotopic (exact) mass is 377 g/mol. The van der Waals surface area contributed by atoms with Gasteiger partial charge in [0.05, 0.1) is 7.11 Å². The lowest BCUT2D eigenvalue weighted by molar-refractivity contribution is -0.111. The number of methoxy groups -OCH3 is 1. The highest BCUT2D eigenvalue weighted by Gasteiger charge is 2.18. The van der Waals surface area contributed by atoms with Gasteiger partial charge in [-0.05, 0) is 62.9 Å². The Hall–Kier alpha value is -3.01. The lowest BCUT2D eigenvalue weighted by Crippen LogP contribution is -2.10. The second-order valence-electron chi connectivity index (χ2n) is 7.07. The van der Waals surface area contributed by atoms with Crippen LogP contribution in [0.1, 0.15) is 41.9 Å². The highest BCUT2D eigenvalue weighted by Crippen LogP contribution is 2.38. The minimum Gasteiger partial charge on any atom is -0.496 e. The van der Waals surface area contributed by atoms with Crippen molar-refractivity contribution < 1.29 is 13.9 Å². The third-order valence-corrected chi connectivity index (χ3v) is 5.28. The summed E-state index contributed by atoms with van der Waals surface area (Å²) >= 11 is 0. The minimum absolute atomic E-state index is 0.154. The average Bonchev–Trinajstić information content (AvgIpc) is 2.96. The number of fused-ring (bicyclic) bond motifs is 1. The van der Waals surface area contributed by atoms with E-state index in [1.54, 1.807) is 13.2 Å². The molecule has 146 valence electrons. The number of furan rings is 1. The van der Waals surface area contributed by atoms with Crippen LogP contribution in [0.25, 0.3) is 16.5 Å². The Morgan fingerprint density at radius 3 is 2.57 bits per heavy atom. The predicted molar refractivity (Wildman–Crippen MR) is 115 cm³/mol. The van der Waals surface area contributed by atoms with E-state index >= 15 is 0 Å². The molecule has 0 fully saturated rings. The second-order valence-corrected chi connectivity index (χ2v) is 7.07. The van der Waals surface area contributed by atoms with E-state index in [1.165, 1.54) is 0 Å². The number of carbonyl (C=O) groups is 1. The highest BCUT2D eigenvalue weighted by molar-refractivity contribution is 6.05. The maximum absolute atomic E-state index is 12.6. The van der Waals surface area contributed by atoms with Crippen molar-refractivity contribution in [2.75, 3.05) is 12.4 Å². The Kier molecular flexibility index (Phi) is 5.59. The van der Waals surface area contributed by atoms with Crippen molar-refractivity contribution in [3.63, 3.8) is 0 Å². The lowest BCUT2D eigenvalue weighted by atomic mass is 9.98. The molecular formula is C24H27NO3. The number of rotatable bonds is 5. The molecule has 4 nitrogen and oxygen atoms in total. The summed E-state index contributed by atoms with van der Waals surface area (Å²) in [5.74, 6) is 1.47. The molecule has 0 saturated heterocycles. The maximum atomic E-state index is 12.6. The highest BCUT2D eigenvalue weighted by atomic mass is 16.5. The zero-order valence-electron chi connectivity index (χ0n) is 17.4. The Labute approximate surface area is 166 Å². The van der Waals surface area contributed by atoms with E-state index in [9.17, 15) is 4.79 Å². The van der Waals surface area contributed by atoms with E-state index in [-0.39, 0.29) is 5.91 Å². The Bertz CT molecular complexity index is 1070. The summed E-state index contributed by atoms with van der Waals surface area (Å²) in [5, 5.41) is 4.04. The number of hydrogen-bond acceptors (Lipinski definition) is 3. The van der Waals surface area contributed by atoms with Gasteiger partial charge in [0.2, 0.25) is 5.91 Å². The number of carbonyl (C=O) groups excluding carboxylic acids is 1. The van der Waals surface area contributed by atoms with Crippen molar-refractivity contribution in [2.45, 2.75) is 41.0 Å². The second kappa shape index (κ2) is 7.93. The smallest absolute Gasteiger partial charge is 0.248 e. The molecule has 0 unspecified atom stereocenters. The molecule has 0 spiro atoms. The lowest BCUT2D eigenvalue weighted by Gasteiger charge is -2.13. The van der Waals surface area contributed by atoms with Crippen LogP contribution in [0.4, 0.5) is 5.69 Å². The summed E-state index contributed by atoms with van der Waals surface area (Å²) < 4.78 is 11.6. The molecule has 3 aromatic rings. The summed E-state index contributed by atoms with van der Waals surface area (Å²) in [6.45, 7) is 9.99. The summed E-state index contributed by atoms with van der Waals surface area (Å²) in [4.78, 5) is 12.6. The van der Waals surface area contributed by atoms with Gasteiger partial charge < -0.3 is 14.5 Å². The van der Waals surface area contributed by atoms with Crippen LogP contribution in [0.15, 0.2) is 40.8 Å². The van der Waals surface area contributed by atoms with Gasteiger partial charge in [-0.25, -0.2) is 0 Å². The number of nitrogens with one attached hydrogen (secondary N) is 1. The molecule has 0 aliphatic rings. The molecule has 1 amide bonds. The summed E-state index contributed by atoms with van der Waals surface area (Å²) in [6, 6.07) is 9.90. The van der Waals surface area contributed by atoms with Gasteiger partial charge in [-0.3, -0.25) is 4.79 Å². The van der Waals surface area contributed by atoms with E-state index < -0.39 is 0 Å². The van der Waals surface area contributed by atoms with Crippen LogP contribution >= 0.6 is 0 Å². The number of ether oxygens (including phenoxy) is 1. The van der Waals surface area contributed by atoms with Crippen LogP contribution in [0.2, 0.25) is 0 Å². The first-order chi connectivity index (χ1) is 13.4. The van der Waals surface area contributed by atoms with Gasteiger partial charge in [0.15, 0.2) is 0 Å². The molecule has 0 aliphatic carbocycles. The number of amides is 1.